The van der Waals surface area contributed by atoms with Crippen LogP contribution in [0.15, 0.2) is 21.9 Å². The molecule has 0 heterocycles. The Morgan fingerprint density at radius 3 is 1.07 bits per heavy atom. The third-order valence-corrected chi connectivity index (χ3v) is 5.38. The van der Waals surface area contributed by atoms with Crippen LogP contribution in [0.3, 0.4) is 0 Å². The van der Waals surface area contributed by atoms with Crippen molar-refractivity contribution in [2.75, 3.05) is 40.6 Å². The summed E-state index contributed by atoms with van der Waals surface area (Å²) in [4.78, 5) is -7.80. The summed E-state index contributed by atoms with van der Waals surface area (Å²) in [5.74, 6) is -4.25. The highest BCUT2D eigenvalue weighted by atomic mass is 32.5. The Morgan fingerprint density at radius 1 is 0.571 bits per heavy atom. The SMILES string of the molecule is COCCOc1ccc(OCCOC)c(S(F)(F)(F)(F)F)c1S(F)(F)(F)(F)F. The third-order valence-electron chi connectivity index (χ3n) is 2.90. The summed E-state index contributed by atoms with van der Waals surface area (Å²) >= 11 is 0. The van der Waals surface area contributed by atoms with Crippen molar-refractivity contribution in [2.24, 2.45) is 0 Å². The van der Waals surface area contributed by atoms with Gasteiger partial charge >= 0.3 is 20.4 Å². The Morgan fingerprint density at radius 2 is 0.857 bits per heavy atom. The molecule has 0 amide bonds. The van der Waals surface area contributed by atoms with Crippen LogP contribution in [0, 0.1) is 0 Å². The predicted octanol–water partition coefficient (Wildman–Crippen LogP) is 7.05. The molecular weight excluding hydrogens is 462 g/mol. The van der Waals surface area contributed by atoms with Gasteiger partial charge in [-0.1, -0.05) is 38.9 Å². The summed E-state index contributed by atoms with van der Waals surface area (Å²) in [6.07, 6.45) is 0. The fourth-order valence-electron chi connectivity index (χ4n) is 1.95. The van der Waals surface area contributed by atoms with Gasteiger partial charge in [0.1, 0.15) is 24.7 Å². The van der Waals surface area contributed by atoms with E-state index in [1.807, 2.05) is 0 Å². The average molecular weight is 478 g/mol. The zero-order chi connectivity index (χ0) is 22.2. The van der Waals surface area contributed by atoms with Crippen molar-refractivity contribution in [1.82, 2.24) is 0 Å². The van der Waals surface area contributed by atoms with Crippen molar-refractivity contribution in [2.45, 2.75) is 9.79 Å². The molecule has 0 N–H and O–H groups in total. The van der Waals surface area contributed by atoms with Gasteiger partial charge in [-0.05, 0) is 12.1 Å². The highest BCUT2D eigenvalue weighted by Crippen LogP contribution is 3.10. The molecule has 28 heavy (non-hydrogen) atoms. The molecule has 170 valence electrons. The van der Waals surface area contributed by atoms with Gasteiger partial charge in [0.05, 0.1) is 13.2 Å². The maximum absolute atomic E-state index is 13.4. The van der Waals surface area contributed by atoms with Crippen molar-refractivity contribution >= 4 is 20.4 Å². The number of methoxy groups -OCH3 is 2. The van der Waals surface area contributed by atoms with E-state index in [1.54, 1.807) is 0 Å². The molecule has 0 fully saturated rings. The van der Waals surface area contributed by atoms with E-state index in [2.05, 4.69) is 18.9 Å². The van der Waals surface area contributed by atoms with E-state index in [9.17, 15) is 38.9 Å². The molecule has 1 rings (SSSR count). The summed E-state index contributed by atoms with van der Waals surface area (Å²) in [5, 5.41) is 0. The van der Waals surface area contributed by atoms with Gasteiger partial charge in [-0.25, -0.2) is 0 Å². The van der Waals surface area contributed by atoms with Crippen LogP contribution in [0.1, 0.15) is 0 Å². The van der Waals surface area contributed by atoms with Crippen LogP contribution in [0.25, 0.3) is 0 Å². The molecule has 0 spiro atoms. The van der Waals surface area contributed by atoms with Crippen LogP contribution in [0.2, 0.25) is 0 Å². The number of halogens is 10. The number of ether oxygens (including phenoxy) is 4. The molecule has 0 unspecified atom stereocenters. The summed E-state index contributed by atoms with van der Waals surface area (Å²) < 4.78 is 151. The lowest BCUT2D eigenvalue weighted by molar-refractivity contribution is 0.139. The molecule has 0 aliphatic carbocycles. The minimum Gasteiger partial charge on any atom is -0.490 e. The first-order chi connectivity index (χ1) is 12.1. The minimum atomic E-state index is -11.4. The second-order valence-electron chi connectivity index (χ2n) is 5.34. The van der Waals surface area contributed by atoms with E-state index in [1.165, 1.54) is 0 Å². The van der Waals surface area contributed by atoms with Gasteiger partial charge in [0.25, 0.3) is 0 Å². The molecule has 0 aromatic heterocycles. The summed E-state index contributed by atoms with van der Waals surface area (Å²) in [5.41, 5.74) is 0. The average Bonchev–Trinajstić information content (AvgIpc) is 2.43. The lowest BCUT2D eigenvalue weighted by Gasteiger charge is -2.48. The summed E-state index contributed by atoms with van der Waals surface area (Å²) in [7, 11) is -20.6. The van der Waals surface area contributed by atoms with Crippen molar-refractivity contribution < 1.29 is 57.8 Å². The number of hydrogen-bond donors (Lipinski definition) is 0. The summed E-state index contributed by atoms with van der Waals surface area (Å²) in [6, 6.07) is 0.0794. The highest BCUT2D eigenvalue weighted by molar-refractivity contribution is 8.48. The molecule has 16 heteroatoms. The highest BCUT2D eigenvalue weighted by Gasteiger charge is 2.78. The molecule has 0 saturated heterocycles. The smallest absolute Gasteiger partial charge is 0.315 e. The van der Waals surface area contributed by atoms with Gasteiger partial charge in [-0.2, -0.15) is 0 Å². The normalized spacial score (nSPS) is 17.9. The van der Waals surface area contributed by atoms with Gasteiger partial charge in [0.2, 0.25) is 0 Å². The second-order valence-corrected chi connectivity index (χ2v) is 10.0. The maximum atomic E-state index is 13.4. The van der Waals surface area contributed by atoms with E-state index >= 15 is 0 Å². The van der Waals surface area contributed by atoms with Crippen LogP contribution < -0.4 is 9.47 Å². The molecule has 0 saturated carbocycles. The summed E-state index contributed by atoms with van der Waals surface area (Å²) in [6.45, 7) is -2.86. The minimum absolute atomic E-state index is 0.0397. The Labute approximate surface area is 153 Å². The Bertz CT molecular complexity index is 668. The molecule has 0 aliphatic rings. The van der Waals surface area contributed by atoms with E-state index in [4.69, 9.17) is 0 Å². The van der Waals surface area contributed by atoms with Crippen molar-refractivity contribution in [3.05, 3.63) is 12.1 Å². The first-order valence-corrected chi connectivity index (χ1v) is 10.9. The monoisotopic (exact) mass is 478 g/mol. The molecule has 0 radical (unpaired) electrons. The Hall–Kier alpha value is -1.26. The van der Waals surface area contributed by atoms with E-state index in [0.717, 1.165) is 14.2 Å². The van der Waals surface area contributed by atoms with E-state index in [-0.39, 0.29) is 12.1 Å². The molecular formula is C12H16F10O4S2. The molecule has 0 atom stereocenters. The fraction of sp³-hybridized carbons (Fsp3) is 0.500. The predicted molar refractivity (Wildman–Crippen MR) is 84.0 cm³/mol. The number of hydrogen-bond acceptors (Lipinski definition) is 4. The lowest BCUT2D eigenvalue weighted by Crippen LogP contribution is -2.20. The quantitative estimate of drug-likeness (QED) is 0.267. The van der Waals surface area contributed by atoms with Crippen LogP contribution in [0.4, 0.5) is 38.9 Å². The topological polar surface area (TPSA) is 36.9 Å². The molecule has 1 aromatic carbocycles. The van der Waals surface area contributed by atoms with E-state index in [0.29, 0.717) is 0 Å². The van der Waals surface area contributed by atoms with E-state index < -0.39 is 68.2 Å². The third kappa shape index (κ3) is 6.66. The zero-order valence-corrected chi connectivity index (χ0v) is 15.8. The standard InChI is InChI=1S/C12H16F10O4S2/c1-23-5-7-25-9-3-4-10(26-8-6-24-2)12(28(18,19,20,21)22)11(9)27(13,14,15,16)17/h3-4H,5-8H2,1-2H3. The molecule has 0 aliphatic heterocycles. The van der Waals surface area contributed by atoms with Crippen LogP contribution in [0.5, 0.6) is 11.5 Å². The molecule has 0 bridgehead atoms. The number of rotatable bonds is 10. The van der Waals surface area contributed by atoms with Gasteiger partial charge in [-0.15, -0.1) is 0 Å². The van der Waals surface area contributed by atoms with Crippen LogP contribution >= 0.6 is 20.4 Å². The molecule has 1 aromatic rings. The van der Waals surface area contributed by atoms with Gasteiger partial charge in [-0.3, -0.25) is 0 Å². The van der Waals surface area contributed by atoms with Crippen molar-refractivity contribution in [3.8, 4) is 11.5 Å². The molecule has 4 nitrogen and oxygen atoms in total. The van der Waals surface area contributed by atoms with Crippen molar-refractivity contribution in [1.29, 1.82) is 0 Å². The lowest BCUT2D eigenvalue weighted by atomic mass is 10.3. The Kier molecular flexibility index (Phi) is 5.42. The second kappa shape index (κ2) is 6.12. The maximum Gasteiger partial charge on any atom is 0.315 e. The van der Waals surface area contributed by atoms with Gasteiger partial charge in [0.15, 0.2) is 9.79 Å². The Balaban J connectivity index is 3.94. The van der Waals surface area contributed by atoms with Gasteiger partial charge < -0.3 is 18.9 Å². The number of benzene rings is 1. The zero-order valence-electron chi connectivity index (χ0n) is 14.2. The fourth-order valence-corrected chi connectivity index (χ4v) is 4.82. The van der Waals surface area contributed by atoms with Crippen LogP contribution in [-0.2, 0) is 9.47 Å². The first kappa shape index (κ1) is 24.8. The van der Waals surface area contributed by atoms with Crippen LogP contribution in [-0.4, -0.2) is 40.6 Å². The van der Waals surface area contributed by atoms with Crippen molar-refractivity contribution in [3.63, 3.8) is 0 Å². The first-order valence-electron chi connectivity index (χ1n) is 6.99. The van der Waals surface area contributed by atoms with Gasteiger partial charge in [0, 0.05) is 14.2 Å². The largest absolute Gasteiger partial charge is 0.490 e.